The SMILES string of the molecule is O=C(NCC[C@H]1[C@@H]2CN(c3ccccc3)C(=O)[C@H]12)c1cc2c(o1)C=C=CC=C2. The normalized spacial score (nSPS) is 24.1. The third-order valence-electron chi connectivity index (χ3n) is 5.80. The Morgan fingerprint density at radius 3 is 2.93 bits per heavy atom. The summed E-state index contributed by atoms with van der Waals surface area (Å²) < 4.78 is 5.61. The van der Waals surface area contributed by atoms with E-state index in [2.05, 4.69) is 11.0 Å². The molecule has 0 radical (unpaired) electrons. The fourth-order valence-corrected chi connectivity index (χ4v) is 4.32. The first-order valence-electron chi connectivity index (χ1n) is 9.60. The maximum atomic E-state index is 12.6. The van der Waals surface area contributed by atoms with Crippen LogP contribution in [-0.4, -0.2) is 24.9 Å². The van der Waals surface area contributed by atoms with Gasteiger partial charge in [0.1, 0.15) is 5.76 Å². The monoisotopic (exact) mass is 372 g/mol. The molecule has 1 aliphatic heterocycles. The average molecular weight is 372 g/mol. The summed E-state index contributed by atoms with van der Waals surface area (Å²) in [5, 5.41) is 2.92. The van der Waals surface area contributed by atoms with Crippen molar-refractivity contribution >= 4 is 29.7 Å². The quantitative estimate of drug-likeness (QED) is 0.817. The van der Waals surface area contributed by atoms with Crippen molar-refractivity contribution in [2.24, 2.45) is 17.8 Å². The summed E-state index contributed by atoms with van der Waals surface area (Å²) in [6.45, 7) is 1.33. The molecule has 0 unspecified atom stereocenters. The maximum absolute atomic E-state index is 12.6. The Morgan fingerprint density at radius 2 is 2.14 bits per heavy atom. The van der Waals surface area contributed by atoms with Gasteiger partial charge in [-0.2, -0.15) is 0 Å². The van der Waals surface area contributed by atoms with Crippen LogP contribution in [0.15, 0.2) is 58.7 Å². The summed E-state index contributed by atoms with van der Waals surface area (Å²) in [6.07, 6.45) is 8.09. The summed E-state index contributed by atoms with van der Waals surface area (Å²) in [7, 11) is 0. The lowest BCUT2D eigenvalue weighted by Crippen LogP contribution is -2.31. The second-order valence-electron chi connectivity index (χ2n) is 7.45. The highest BCUT2D eigenvalue weighted by Crippen LogP contribution is 2.54. The minimum absolute atomic E-state index is 0.110. The second-order valence-corrected chi connectivity index (χ2v) is 7.45. The van der Waals surface area contributed by atoms with Gasteiger partial charge < -0.3 is 14.6 Å². The van der Waals surface area contributed by atoms with E-state index < -0.39 is 0 Å². The molecule has 2 fully saturated rings. The molecule has 3 atom stereocenters. The van der Waals surface area contributed by atoms with Crippen LogP contribution in [0.5, 0.6) is 0 Å². The van der Waals surface area contributed by atoms with Gasteiger partial charge in [-0.3, -0.25) is 9.59 Å². The van der Waals surface area contributed by atoms with E-state index >= 15 is 0 Å². The van der Waals surface area contributed by atoms with E-state index in [1.807, 2.05) is 47.4 Å². The lowest BCUT2D eigenvalue weighted by atomic mass is 10.1. The van der Waals surface area contributed by atoms with Gasteiger partial charge in [-0.05, 0) is 42.5 Å². The number of nitrogens with one attached hydrogen (secondary N) is 1. The summed E-state index contributed by atoms with van der Waals surface area (Å²) in [6, 6.07) is 11.6. The third kappa shape index (κ3) is 2.90. The number of hydrogen-bond donors (Lipinski definition) is 1. The minimum atomic E-state index is -0.220. The van der Waals surface area contributed by atoms with Crippen LogP contribution >= 0.6 is 0 Å². The first-order chi connectivity index (χ1) is 13.7. The molecule has 1 aromatic carbocycles. The zero-order valence-electron chi connectivity index (χ0n) is 15.3. The molecular formula is C23H20N2O3. The predicted molar refractivity (Wildman–Crippen MR) is 107 cm³/mol. The fraction of sp³-hybridized carbons (Fsp3) is 0.261. The molecule has 5 heteroatoms. The molecule has 2 aliphatic carbocycles. The van der Waals surface area contributed by atoms with Gasteiger partial charge in [0.15, 0.2) is 5.76 Å². The third-order valence-corrected chi connectivity index (χ3v) is 5.80. The molecule has 2 amide bonds. The van der Waals surface area contributed by atoms with Gasteiger partial charge in [-0.15, -0.1) is 5.73 Å². The molecular weight excluding hydrogens is 352 g/mol. The smallest absolute Gasteiger partial charge is 0.287 e. The number of piperidine rings is 1. The summed E-state index contributed by atoms with van der Waals surface area (Å²) in [5.74, 6) is 1.83. The van der Waals surface area contributed by atoms with Crippen molar-refractivity contribution in [1.29, 1.82) is 0 Å². The molecule has 28 heavy (non-hydrogen) atoms. The molecule has 2 heterocycles. The van der Waals surface area contributed by atoms with Crippen molar-refractivity contribution in [2.45, 2.75) is 6.42 Å². The maximum Gasteiger partial charge on any atom is 0.287 e. The molecule has 5 nitrogen and oxygen atoms in total. The summed E-state index contributed by atoms with van der Waals surface area (Å²) in [4.78, 5) is 26.9. The number of fused-ring (bicyclic) bond motifs is 2. The summed E-state index contributed by atoms with van der Waals surface area (Å²) >= 11 is 0. The second kappa shape index (κ2) is 6.70. The van der Waals surface area contributed by atoms with E-state index in [1.165, 1.54) is 0 Å². The Morgan fingerprint density at radius 1 is 1.29 bits per heavy atom. The van der Waals surface area contributed by atoms with E-state index in [9.17, 15) is 9.59 Å². The van der Waals surface area contributed by atoms with E-state index in [-0.39, 0.29) is 17.7 Å². The molecule has 0 spiro atoms. The van der Waals surface area contributed by atoms with E-state index in [0.29, 0.717) is 29.9 Å². The van der Waals surface area contributed by atoms with Gasteiger partial charge in [0.25, 0.3) is 5.91 Å². The van der Waals surface area contributed by atoms with Gasteiger partial charge >= 0.3 is 0 Å². The van der Waals surface area contributed by atoms with Crippen molar-refractivity contribution in [3.63, 3.8) is 0 Å². The lowest BCUT2D eigenvalue weighted by molar-refractivity contribution is -0.119. The topological polar surface area (TPSA) is 62.6 Å². The highest BCUT2D eigenvalue weighted by atomic mass is 16.3. The number of hydrogen-bond acceptors (Lipinski definition) is 3. The lowest BCUT2D eigenvalue weighted by Gasteiger charge is -2.20. The van der Waals surface area contributed by atoms with Crippen LogP contribution in [0, 0.1) is 17.8 Å². The van der Waals surface area contributed by atoms with Crippen LogP contribution in [0.1, 0.15) is 28.3 Å². The van der Waals surface area contributed by atoms with Crippen molar-refractivity contribution in [3.8, 4) is 0 Å². The number of allylic oxidation sites excluding steroid dienone is 2. The Hall–Kier alpha value is -3.30. The molecule has 140 valence electrons. The number of anilines is 1. The van der Waals surface area contributed by atoms with Gasteiger partial charge in [-0.25, -0.2) is 0 Å². The highest BCUT2D eigenvalue weighted by Gasteiger charge is 2.60. The number of benzene rings is 1. The van der Waals surface area contributed by atoms with Crippen LogP contribution in [0.3, 0.4) is 0 Å². The van der Waals surface area contributed by atoms with Gasteiger partial charge in [0, 0.05) is 36.3 Å². The van der Waals surface area contributed by atoms with Crippen molar-refractivity contribution in [1.82, 2.24) is 5.32 Å². The zero-order chi connectivity index (χ0) is 19.1. The van der Waals surface area contributed by atoms with Crippen LogP contribution in [0.4, 0.5) is 5.69 Å². The molecule has 5 rings (SSSR count). The molecule has 1 saturated heterocycles. The largest absolute Gasteiger partial charge is 0.450 e. The standard InChI is InChI=1S/C23H20N2O3/c26-22(20-13-15-7-3-1-6-10-19(15)28-20)24-12-11-17-18-14-25(23(27)21(17)18)16-8-4-2-5-9-16/h1-5,7-10,13,17-18,21H,11-12,14H2,(H,24,26)/t17-,18-,21+/m0/s1. The van der Waals surface area contributed by atoms with Crippen molar-refractivity contribution in [2.75, 3.05) is 18.0 Å². The van der Waals surface area contributed by atoms with Crippen LogP contribution < -0.4 is 10.2 Å². The number of para-hydroxylation sites is 1. The van der Waals surface area contributed by atoms with Crippen LogP contribution in [0.2, 0.25) is 0 Å². The molecule has 0 bridgehead atoms. The number of nitrogens with zero attached hydrogens (tertiary/aromatic N) is 1. The predicted octanol–water partition coefficient (Wildman–Crippen LogP) is 3.50. The average Bonchev–Trinajstić information content (AvgIpc) is 3.17. The molecule has 1 aromatic heterocycles. The van der Waals surface area contributed by atoms with E-state index in [0.717, 1.165) is 24.2 Å². The van der Waals surface area contributed by atoms with Gasteiger partial charge in [0.05, 0.1) is 0 Å². The van der Waals surface area contributed by atoms with Crippen molar-refractivity contribution in [3.05, 3.63) is 71.4 Å². The first kappa shape index (κ1) is 16.8. The van der Waals surface area contributed by atoms with Crippen LogP contribution in [-0.2, 0) is 4.79 Å². The fourth-order valence-electron chi connectivity index (χ4n) is 4.32. The molecule has 2 aromatic rings. The van der Waals surface area contributed by atoms with Crippen molar-refractivity contribution < 1.29 is 14.0 Å². The highest BCUT2D eigenvalue weighted by molar-refractivity contribution is 6.00. The molecule has 3 aliphatic rings. The molecule has 1 N–H and O–H groups in total. The number of furan rings is 1. The van der Waals surface area contributed by atoms with E-state index in [4.69, 9.17) is 4.42 Å². The van der Waals surface area contributed by atoms with Crippen LogP contribution in [0.25, 0.3) is 12.2 Å². The number of carbonyl (C=O) groups is 2. The molecule has 1 saturated carbocycles. The van der Waals surface area contributed by atoms with E-state index in [1.54, 1.807) is 18.2 Å². The number of carbonyl (C=O) groups excluding carboxylic acids is 2. The Balaban J connectivity index is 1.13. The van der Waals surface area contributed by atoms with Gasteiger partial charge in [-0.1, -0.05) is 30.4 Å². The Bertz CT molecular complexity index is 1030. The number of amides is 2. The Labute approximate surface area is 163 Å². The van der Waals surface area contributed by atoms with Gasteiger partial charge in [0.2, 0.25) is 5.91 Å². The summed E-state index contributed by atoms with van der Waals surface area (Å²) in [5.41, 5.74) is 4.81. The number of rotatable bonds is 5. The first-order valence-corrected chi connectivity index (χ1v) is 9.60. The Kier molecular flexibility index (Phi) is 4.03. The minimum Gasteiger partial charge on any atom is -0.450 e. The zero-order valence-corrected chi connectivity index (χ0v) is 15.3.